The van der Waals surface area contributed by atoms with Crippen molar-refractivity contribution in [2.45, 2.75) is 6.10 Å². The highest BCUT2D eigenvalue weighted by molar-refractivity contribution is 6.27. The third-order valence-electron chi connectivity index (χ3n) is 6.06. The fraction of sp³-hybridized carbons (Fsp3) is 0.185. The summed E-state index contributed by atoms with van der Waals surface area (Å²) in [6, 6.07) is 15.6. The molecule has 1 unspecified atom stereocenters. The van der Waals surface area contributed by atoms with Crippen LogP contribution in [0.4, 0.5) is 0 Å². The molecule has 8 heteroatoms. The maximum absolute atomic E-state index is 13.5. The number of carbonyl (C=O) groups is 2. The van der Waals surface area contributed by atoms with Crippen molar-refractivity contribution in [1.29, 1.82) is 0 Å². The zero-order valence-corrected chi connectivity index (χ0v) is 19.5. The molecular formula is C27H22O8. The summed E-state index contributed by atoms with van der Waals surface area (Å²) in [5, 5.41) is 0. The average Bonchev–Trinajstić information content (AvgIpc) is 3.22. The van der Waals surface area contributed by atoms with Crippen molar-refractivity contribution in [2.75, 3.05) is 28.4 Å². The molecule has 2 aliphatic rings. The van der Waals surface area contributed by atoms with Gasteiger partial charge in [-0.3, -0.25) is 0 Å². The van der Waals surface area contributed by atoms with E-state index in [1.807, 2.05) is 0 Å². The predicted molar refractivity (Wildman–Crippen MR) is 126 cm³/mol. The van der Waals surface area contributed by atoms with Crippen molar-refractivity contribution < 1.29 is 38.0 Å². The second-order valence-corrected chi connectivity index (χ2v) is 7.83. The normalized spacial score (nSPS) is 18.2. The molecule has 0 saturated heterocycles. The van der Waals surface area contributed by atoms with Crippen LogP contribution in [-0.4, -0.2) is 40.4 Å². The SMILES string of the molecule is COc1ccc(C2OC(=O)/C(=C3/OC(=O)c4ccccc43)c3cc(OC)c(OC)cc32)cc1OC. The summed E-state index contributed by atoms with van der Waals surface area (Å²) >= 11 is 0. The minimum Gasteiger partial charge on any atom is -0.493 e. The summed E-state index contributed by atoms with van der Waals surface area (Å²) in [4.78, 5) is 26.0. The van der Waals surface area contributed by atoms with Gasteiger partial charge in [-0.2, -0.15) is 0 Å². The number of ether oxygens (including phenoxy) is 6. The number of hydrogen-bond donors (Lipinski definition) is 0. The number of cyclic esters (lactones) is 2. The molecule has 0 aliphatic carbocycles. The second kappa shape index (κ2) is 8.72. The van der Waals surface area contributed by atoms with Crippen molar-refractivity contribution in [2.24, 2.45) is 0 Å². The Morgan fingerprint density at radius 3 is 1.97 bits per heavy atom. The molecule has 3 aromatic rings. The molecule has 0 amide bonds. The lowest BCUT2D eigenvalue weighted by atomic mass is 9.87. The van der Waals surface area contributed by atoms with Crippen LogP contribution in [0.2, 0.25) is 0 Å². The van der Waals surface area contributed by atoms with E-state index in [0.717, 1.165) is 0 Å². The molecule has 5 rings (SSSR count). The lowest BCUT2D eigenvalue weighted by Gasteiger charge is -2.29. The van der Waals surface area contributed by atoms with Gasteiger partial charge in [0.05, 0.1) is 34.0 Å². The van der Waals surface area contributed by atoms with Crippen LogP contribution in [0.1, 0.15) is 38.7 Å². The number of methoxy groups -OCH3 is 4. The number of carbonyl (C=O) groups excluding carboxylic acids is 2. The van der Waals surface area contributed by atoms with Crippen LogP contribution in [0.5, 0.6) is 23.0 Å². The average molecular weight is 474 g/mol. The molecule has 8 nitrogen and oxygen atoms in total. The number of rotatable bonds is 5. The summed E-state index contributed by atoms with van der Waals surface area (Å²) in [5.74, 6) is 0.901. The van der Waals surface area contributed by atoms with E-state index in [0.29, 0.717) is 50.8 Å². The fourth-order valence-electron chi connectivity index (χ4n) is 4.39. The van der Waals surface area contributed by atoms with Gasteiger partial charge in [0.25, 0.3) is 0 Å². The molecule has 0 fully saturated rings. The Kier molecular flexibility index (Phi) is 5.56. The number of fused-ring (bicyclic) bond motifs is 2. The molecule has 0 bridgehead atoms. The van der Waals surface area contributed by atoms with Gasteiger partial charge in [-0.1, -0.05) is 24.3 Å². The molecular weight excluding hydrogens is 452 g/mol. The van der Waals surface area contributed by atoms with Crippen LogP contribution >= 0.6 is 0 Å². The van der Waals surface area contributed by atoms with E-state index in [9.17, 15) is 9.59 Å². The Morgan fingerprint density at radius 2 is 1.29 bits per heavy atom. The highest BCUT2D eigenvalue weighted by Crippen LogP contribution is 2.48. The summed E-state index contributed by atoms with van der Waals surface area (Å²) in [6.07, 6.45) is -0.784. The first-order valence-electron chi connectivity index (χ1n) is 10.8. The van der Waals surface area contributed by atoms with Crippen molar-refractivity contribution in [3.05, 3.63) is 82.4 Å². The molecule has 0 spiro atoms. The van der Waals surface area contributed by atoms with Crippen LogP contribution in [0.3, 0.4) is 0 Å². The van der Waals surface area contributed by atoms with Crippen molar-refractivity contribution in [3.8, 4) is 23.0 Å². The van der Waals surface area contributed by atoms with Gasteiger partial charge in [0, 0.05) is 22.3 Å². The van der Waals surface area contributed by atoms with E-state index >= 15 is 0 Å². The lowest BCUT2D eigenvalue weighted by molar-refractivity contribution is -0.141. The minimum atomic E-state index is -0.784. The van der Waals surface area contributed by atoms with Crippen LogP contribution in [-0.2, 0) is 14.3 Å². The van der Waals surface area contributed by atoms with Gasteiger partial charge in [-0.05, 0) is 30.3 Å². The van der Waals surface area contributed by atoms with Gasteiger partial charge in [-0.25, -0.2) is 9.59 Å². The topological polar surface area (TPSA) is 89.5 Å². The summed E-state index contributed by atoms with van der Waals surface area (Å²) in [6.45, 7) is 0. The summed E-state index contributed by atoms with van der Waals surface area (Å²) < 4.78 is 33.3. The number of benzene rings is 3. The Morgan fingerprint density at radius 1 is 0.657 bits per heavy atom. The van der Waals surface area contributed by atoms with E-state index in [-0.39, 0.29) is 11.3 Å². The van der Waals surface area contributed by atoms with Gasteiger partial charge in [0.2, 0.25) is 0 Å². The first-order valence-corrected chi connectivity index (χ1v) is 10.8. The molecule has 178 valence electrons. The first kappa shape index (κ1) is 22.3. The van der Waals surface area contributed by atoms with E-state index in [4.69, 9.17) is 28.4 Å². The van der Waals surface area contributed by atoms with Crippen molar-refractivity contribution in [1.82, 2.24) is 0 Å². The molecule has 35 heavy (non-hydrogen) atoms. The number of hydrogen-bond acceptors (Lipinski definition) is 8. The third kappa shape index (κ3) is 3.54. The van der Waals surface area contributed by atoms with Crippen LogP contribution < -0.4 is 18.9 Å². The lowest BCUT2D eigenvalue weighted by Crippen LogP contribution is -2.23. The molecule has 1 atom stereocenters. The molecule has 2 aliphatic heterocycles. The monoisotopic (exact) mass is 474 g/mol. The molecule has 0 saturated carbocycles. The zero-order valence-electron chi connectivity index (χ0n) is 19.5. The first-order chi connectivity index (χ1) is 17.0. The van der Waals surface area contributed by atoms with Gasteiger partial charge >= 0.3 is 11.9 Å². The zero-order chi connectivity index (χ0) is 24.7. The highest BCUT2D eigenvalue weighted by atomic mass is 16.6. The quantitative estimate of drug-likeness (QED) is 0.397. The van der Waals surface area contributed by atoms with Crippen LogP contribution in [0.15, 0.2) is 54.6 Å². The van der Waals surface area contributed by atoms with E-state index in [1.165, 1.54) is 21.3 Å². The second-order valence-electron chi connectivity index (χ2n) is 7.83. The van der Waals surface area contributed by atoms with E-state index in [2.05, 4.69) is 0 Å². The van der Waals surface area contributed by atoms with Gasteiger partial charge in [0.15, 0.2) is 34.9 Å². The molecule has 2 heterocycles. The Balaban J connectivity index is 1.76. The Labute approximate surface area is 201 Å². The molecule has 0 radical (unpaired) electrons. The van der Waals surface area contributed by atoms with Crippen molar-refractivity contribution in [3.63, 3.8) is 0 Å². The fourth-order valence-corrected chi connectivity index (χ4v) is 4.39. The summed E-state index contributed by atoms with van der Waals surface area (Å²) in [5.41, 5.74) is 2.85. The Bertz CT molecular complexity index is 1390. The maximum atomic E-state index is 13.5. The van der Waals surface area contributed by atoms with Crippen molar-refractivity contribution >= 4 is 23.3 Å². The van der Waals surface area contributed by atoms with Crippen LogP contribution in [0, 0.1) is 0 Å². The Hall–Kier alpha value is -4.46. The standard InChI is InChI=1S/C27H22O8/c1-30-19-10-9-14(11-20(19)31-2)24-18-13-22(33-4)21(32-3)12-17(18)23(27(29)34-24)25-15-7-5-6-8-16(15)26(28)35-25/h5-13,24H,1-4H3/b25-23+. The smallest absolute Gasteiger partial charge is 0.344 e. The van der Waals surface area contributed by atoms with Gasteiger partial charge in [0.1, 0.15) is 5.57 Å². The van der Waals surface area contributed by atoms with Gasteiger partial charge < -0.3 is 28.4 Å². The molecule has 0 aromatic heterocycles. The van der Waals surface area contributed by atoms with E-state index < -0.39 is 18.0 Å². The largest absolute Gasteiger partial charge is 0.493 e. The van der Waals surface area contributed by atoms with Crippen LogP contribution in [0.25, 0.3) is 11.3 Å². The number of esters is 2. The minimum absolute atomic E-state index is 0.135. The highest BCUT2D eigenvalue weighted by Gasteiger charge is 2.40. The molecule has 0 N–H and O–H groups in total. The van der Waals surface area contributed by atoms with Gasteiger partial charge in [-0.15, -0.1) is 0 Å². The third-order valence-corrected chi connectivity index (χ3v) is 6.06. The van der Waals surface area contributed by atoms with E-state index in [1.54, 1.807) is 61.7 Å². The molecule has 3 aromatic carbocycles. The predicted octanol–water partition coefficient (Wildman–Crippen LogP) is 4.41. The summed E-state index contributed by atoms with van der Waals surface area (Å²) in [7, 11) is 6.11. The maximum Gasteiger partial charge on any atom is 0.344 e.